The second-order valence-corrected chi connectivity index (χ2v) is 12.1. The predicted molar refractivity (Wildman–Crippen MR) is 117 cm³/mol. The second kappa shape index (κ2) is 7.35. The van der Waals surface area contributed by atoms with Crippen LogP contribution in [-0.4, -0.2) is 81.6 Å². The number of aliphatic hydroxyl groups is 4. The minimum Gasteiger partial charge on any atom is -0.459 e. The molecule has 2 bridgehead atoms. The van der Waals surface area contributed by atoms with Gasteiger partial charge in [0, 0.05) is 22.7 Å². The Morgan fingerprint density at radius 3 is 2.57 bits per heavy atom. The van der Waals surface area contributed by atoms with Crippen LogP contribution in [0.3, 0.4) is 0 Å². The van der Waals surface area contributed by atoms with Crippen molar-refractivity contribution >= 4 is 17.7 Å². The van der Waals surface area contributed by atoms with E-state index in [-0.39, 0.29) is 13.0 Å². The van der Waals surface area contributed by atoms with Gasteiger partial charge >= 0.3 is 11.9 Å². The van der Waals surface area contributed by atoms with E-state index in [1.807, 2.05) is 0 Å². The van der Waals surface area contributed by atoms with Crippen LogP contribution in [0.1, 0.15) is 41.0 Å². The molecule has 11 atom stereocenters. The van der Waals surface area contributed by atoms with E-state index in [1.165, 1.54) is 19.9 Å². The molecule has 0 aromatic carbocycles. The Morgan fingerprint density at radius 2 is 1.94 bits per heavy atom. The maximum Gasteiger partial charge on any atom is 0.348 e. The van der Waals surface area contributed by atoms with Gasteiger partial charge < -0.3 is 34.6 Å². The number of ketones is 1. The minimum absolute atomic E-state index is 0.110. The van der Waals surface area contributed by atoms with Crippen LogP contribution in [0.5, 0.6) is 0 Å². The van der Waals surface area contributed by atoms with Crippen molar-refractivity contribution < 1.29 is 49.0 Å². The first kappa shape index (κ1) is 24.8. The number of hydrogen-bond donors (Lipinski definition) is 4. The molecule has 3 aliphatic carbocycles. The summed E-state index contributed by atoms with van der Waals surface area (Å²) in [6.07, 6.45) is -3.47. The van der Waals surface area contributed by atoms with Crippen molar-refractivity contribution in [3.8, 4) is 0 Å². The lowest BCUT2D eigenvalue weighted by atomic mass is 9.38. The summed E-state index contributed by atoms with van der Waals surface area (Å²) in [7, 11) is 0. The van der Waals surface area contributed by atoms with Crippen LogP contribution in [0.15, 0.2) is 11.6 Å². The van der Waals surface area contributed by atoms with Crippen molar-refractivity contribution in [3.63, 3.8) is 0 Å². The zero-order valence-corrected chi connectivity index (χ0v) is 20.6. The van der Waals surface area contributed by atoms with Crippen LogP contribution >= 0.6 is 0 Å². The monoisotopic (exact) mass is 494 g/mol. The van der Waals surface area contributed by atoms with Gasteiger partial charge in [-0.2, -0.15) is 0 Å². The lowest BCUT2D eigenvalue weighted by molar-refractivity contribution is -0.340. The quantitative estimate of drug-likeness (QED) is 0.384. The third-order valence-electron chi connectivity index (χ3n) is 9.81. The smallest absolute Gasteiger partial charge is 0.348 e. The topological polar surface area (TPSA) is 160 Å². The summed E-state index contributed by atoms with van der Waals surface area (Å²) in [6, 6.07) is 0. The largest absolute Gasteiger partial charge is 0.459 e. The van der Waals surface area contributed by atoms with Gasteiger partial charge in [0.25, 0.3) is 0 Å². The Morgan fingerprint density at radius 1 is 1.29 bits per heavy atom. The van der Waals surface area contributed by atoms with Crippen molar-refractivity contribution in [1.82, 2.24) is 0 Å². The number of allylic oxidation sites excluding steroid dienone is 1. The minimum atomic E-state index is -2.11. The summed E-state index contributed by atoms with van der Waals surface area (Å²) in [5.74, 6) is -7.16. The fourth-order valence-electron chi connectivity index (χ4n) is 8.07. The first-order valence-electron chi connectivity index (χ1n) is 12.1. The third kappa shape index (κ3) is 2.80. The Hall–Kier alpha value is -1.85. The van der Waals surface area contributed by atoms with Gasteiger partial charge in [0.1, 0.15) is 18.3 Å². The van der Waals surface area contributed by atoms with Crippen molar-refractivity contribution in [2.75, 3.05) is 13.2 Å². The van der Waals surface area contributed by atoms with Crippen molar-refractivity contribution in [3.05, 3.63) is 11.6 Å². The lowest BCUT2D eigenvalue weighted by Gasteiger charge is -2.68. The molecule has 0 unspecified atom stereocenters. The van der Waals surface area contributed by atoms with Crippen LogP contribution in [-0.2, 0) is 28.6 Å². The summed E-state index contributed by atoms with van der Waals surface area (Å²) in [5, 5.41) is 44.0. The average molecular weight is 495 g/mol. The number of rotatable bonds is 3. The summed E-state index contributed by atoms with van der Waals surface area (Å²) in [4.78, 5) is 38.9. The molecule has 2 heterocycles. The molecule has 10 nitrogen and oxygen atoms in total. The maximum atomic E-state index is 13.3. The molecule has 35 heavy (non-hydrogen) atoms. The number of hydrogen-bond acceptors (Lipinski definition) is 10. The SMILES string of the molecule is CC1=CC(=O)[C@@H](O)[C@]2(C)[C@H]3[C@]4(O)OC[C@]35[C@H]([C@@H](C)[C@H]4O)[C@@H](OC(=O)C(C)(C)CO)C(=O)O[C@@H]5C[C@@H]12. The van der Waals surface area contributed by atoms with Gasteiger partial charge in [-0.05, 0) is 45.1 Å². The van der Waals surface area contributed by atoms with Crippen LogP contribution in [0.2, 0.25) is 0 Å². The molecule has 10 heteroatoms. The highest BCUT2D eigenvalue weighted by molar-refractivity contribution is 5.96. The summed E-state index contributed by atoms with van der Waals surface area (Å²) in [5.41, 5.74) is -2.95. The Labute approximate surface area is 203 Å². The molecule has 0 aromatic rings. The average Bonchev–Trinajstić information content (AvgIpc) is 3.08. The van der Waals surface area contributed by atoms with Gasteiger partial charge in [-0.15, -0.1) is 0 Å². The highest BCUT2D eigenvalue weighted by Gasteiger charge is 2.83. The molecule has 0 radical (unpaired) electrons. The van der Waals surface area contributed by atoms with Crippen LogP contribution in [0.25, 0.3) is 0 Å². The molecule has 2 saturated carbocycles. The van der Waals surface area contributed by atoms with E-state index in [1.54, 1.807) is 20.8 Å². The van der Waals surface area contributed by atoms with E-state index in [0.717, 1.165) is 0 Å². The molecule has 2 saturated heterocycles. The van der Waals surface area contributed by atoms with Gasteiger partial charge in [0.15, 0.2) is 11.6 Å². The Balaban J connectivity index is 1.69. The van der Waals surface area contributed by atoms with Gasteiger partial charge in [-0.3, -0.25) is 9.59 Å². The predicted octanol–water partition coefficient (Wildman–Crippen LogP) is -0.294. The summed E-state index contributed by atoms with van der Waals surface area (Å²) < 4.78 is 17.5. The van der Waals surface area contributed by atoms with Gasteiger partial charge in [-0.1, -0.05) is 19.4 Å². The molecule has 1 spiro atoms. The molecule has 2 aliphatic heterocycles. The molecule has 5 rings (SSSR count). The van der Waals surface area contributed by atoms with Crippen molar-refractivity contribution in [1.29, 1.82) is 0 Å². The number of carbonyl (C=O) groups is 3. The molecule has 194 valence electrons. The molecular weight excluding hydrogens is 460 g/mol. The summed E-state index contributed by atoms with van der Waals surface area (Å²) in [6.45, 7) is 7.48. The molecule has 0 amide bonds. The first-order chi connectivity index (χ1) is 16.2. The number of fused-ring (bicyclic) bond motifs is 1. The van der Waals surface area contributed by atoms with E-state index in [2.05, 4.69) is 0 Å². The van der Waals surface area contributed by atoms with E-state index >= 15 is 0 Å². The zero-order chi connectivity index (χ0) is 25.9. The fourth-order valence-corrected chi connectivity index (χ4v) is 8.07. The molecule has 0 aromatic heterocycles. The van der Waals surface area contributed by atoms with E-state index in [9.17, 15) is 34.8 Å². The highest BCUT2D eigenvalue weighted by atomic mass is 16.7. The fraction of sp³-hybridized carbons (Fsp3) is 0.800. The Kier molecular flexibility index (Phi) is 5.21. The van der Waals surface area contributed by atoms with Gasteiger partial charge in [-0.25, -0.2) is 4.79 Å². The second-order valence-electron chi connectivity index (χ2n) is 12.1. The zero-order valence-electron chi connectivity index (χ0n) is 20.6. The normalized spacial score (nSPS) is 50.6. The van der Waals surface area contributed by atoms with Crippen molar-refractivity contribution in [2.24, 2.45) is 39.9 Å². The van der Waals surface area contributed by atoms with Crippen LogP contribution in [0.4, 0.5) is 0 Å². The maximum absolute atomic E-state index is 13.3. The van der Waals surface area contributed by atoms with Gasteiger partial charge in [0.2, 0.25) is 6.10 Å². The standard InChI is InChI=1S/C25H34O10/c1-10-6-13(27)18(29)23(5)12(10)7-14-24-9-33-25(32,20(23)24)17(28)11(2)15(24)16(19(30)34-14)35-21(31)22(3,4)8-26/h6,11-12,14-18,20,26,28-29,32H,7-9H2,1-5H3/t11-,12+,14-,15-,16-,17-,18-,20-,23-,24+,25-/m1/s1. The lowest BCUT2D eigenvalue weighted by Crippen LogP contribution is -2.78. The highest BCUT2D eigenvalue weighted by Crippen LogP contribution is 2.73. The third-order valence-corrected chi connectivity index (χ3v) is 9.81. The summed E-state index contributed by atoms with van der Waals surface area (Å²) >= 11 is 0. The van der Waals surface area contributed by atoms with E-state index < -0.39 is 94.4 Å². The molecule has 4 N–H and O–H groups in total. The van der Waals surface area contributed by atoms with Crippen molar-refractivity contribution in [2.45, 2.75) is 71.2 Å². The number of esters is 2. The number of aliphatic hydroxyl groups excluding tert-OH is 3. The van der Waals surface area contributed by atoms with Gasteiger partial charge in [0.05, 0.1) is 18.6 Å². The van der Waals surface area contributed by atoms with Crippen LogP contribution in [0, 0.1) is 39.9 Å². The van der Waals surface area contributed by atoms with Crippen LogP contribution < -0.4 is 0 Å². The molecular formula is C25H34O10. The molecule has 5 aliphatic rings. The number of ether oxygens (including phenoxy) is 3. The molecule has 4 fully saturated rings. The van der Waals surface area contributed by atoms with E-state index in [4.69, 9.17) is 14.2 Å². The first-order valence-corrected chi connectivity index (χ1v) is 12.1. The Bertz CT molecular complexity index is 1020. The van der Waals surface area contributed by atoms with E-state index in [0.29, 0.717) is 5.57 Å². The number of carbonyl (C=O) groups excluding carboxylic acids is 3.